The summed E-state index contributed by atoms with van der Waals surface area (Å²) in [5.41, 5.74) is 0.610. The third kappa shape index (κ3) is 5.04. The van der Waals surface area contributed by atoms with Crippen molar-refractivity contribution in [3.05, 3.63) is 29.8 Å². The first kappa shape index (κ1) is 15.8. The Morgan fingerprint density at radius 1 is 1.24 bits per heavy atom. The fraction of sp³-hybridized carbons (Fsp3) is 0.588. The summed E-state index contributed by atoms with van der Waals surface area (Å²) >= 11 is 0. The fourth-order valence-corrected chi connectivity index (χ4v) is 2.94. The van der Waals surface area contributed by atoms with Gasteiger partial charge < -0.3 is 14.4 Å². The fourth-order valence-electron chi connectivity index (χ4n) is 2.94. The number of nitrogens with one attached hydrogen (secondary N) is 1. The van der Waals surface area contributed by atoms with Crippen molar-refractivity contribution in [2.45, 2.75) is 38.9 Å². The van der Waals surface area contributed by atoms with Crippen LogP contribution in [0.5, 0.6) is 5.75 Å². The number of unbranched alkanes of at least 4 members (excludes halogenated alkanes) is 1. The van der Waals surface area contributed by atoms with Crippen molar-refractivity contribution in [1.82, 2.24) is 0 Å². The van der Waals surface area contributed by atoms with Gasteiger partial charge in [0.25, 0.3) is 0 Å². The molecule has 4 nitrogen and oxygen atoms in total. The minimum atomic E-state index is 0.363. The van der Waals surface area contributed by atoms with Gasteiger partial charge in [0.2, 0.25) is 0 Å². The predicted molar refractivity (Wildman–Crippen MR) is 81.5 cm³/mol. The zero-order valence-corrected chi connectivity index (χ0v) is 13.0. The number of ether oxygens (including phenoxy) is 2. The number of hydrogen-bond donors (Lipinski definition) is 1. The van der Waals surface area contributed by atoms with Crippen LogP contribution in [-0.2, 0) is 4.74 Å². The molecule has 1 aliphatic rings. The zero-order valence-electron chi connectivity index (χ0n) is 13.0. The summed E-state index contributed by atoms with van der Waals surface area (Å²) in [5, 5.41) is 9.00. The van der Waals surface area contributed by atoms with Gasteiger partial charge in [0.15, 0.2) is 0 Å². The highest BCUT2D eigenvalue weighted by Crippen LogP contribution is 2.16. The Hall–Kier alpha value is -1.57. The van der Waals surface area contributed by atoms with Crippen LogP contribution in [-0.4, -0.2) is 38.4 Å². The lowest BCUT2D eigenvalue weighted by atomic mass is 10.2. The number of nitrogens with zero attached hydrogens (tertiary/aromatic N) is 1. The minimum absolute atomic E-state index is 0.363. The largest absolute Gasteiger partial charge is 0.492 e. The lowest BCUT2D eigenvalue weighted by Crippen LogP contribution is -3.15. The molecule has 4 heteroatoms. The van der Waals surface area contributed by atoms with E-state index < -0.39 is 0 Å². The molecule has 1 aliphatic heterocycles. The monoisotopic (exact) mass is 289 g/mol. The van der Waals surface area contributed by atoms with E-state index in [0.717, 1.165) is 25.9 Å². The van der Waals surface area contributed by atoms with E-state index in [-0.39, 0.29) is 0 Å². The molecule has 0 unspecified atom stereocenters. The molecule has 1 N–H and O–H groups in total. The highest BCUT2D eigenvalue weighted by molar-refractivity contribution is 5.42. The molecule has 0 spiro atoms. The van der Waals surface area contributed by atoms with Crippen LogP contribution in [0, 0.1) is 11.3 Å². The van der Waals surface area contributed by atoms with E-state index in [2.05, 4.69) is 19.9 Å². The molecule has 2 atom stereocenters. The molecule has 1 fully saturated rings. The van der Waals surface area contributed by atoms with Gasteiger partial charge in [0.1, 0.15) is 37.1 Å². The third-order valence-corrected chi connectivity index (χ3v) is 3.81. The Labute approximate surface area is 127 Å². The standard InChI is InChI=1S/C17H24N2O2/c1-14-12-19(13-15(2)21-14)9-5-6-10-20-17-8-4-3-7-16(17)11-18/h3-4,7-8,14-15H,5-6,9-10,12-13H2,1-2H3/p+1/t14-,15-/m0/s1. The van der Waals surface area contributed by atoms with Gasteiger partial charge in [0, 0.05) is 0 Å². The summed E-state index contributed by atoms with van der Waals surface area (Å²) in [6.07, 6.45) is 2.89. The van der Waals surface area contributed by atoms with Gasteiger partial charge in [-0.25, -0.2) is 0 Å². The molecule has 2 rings (SSSR count). The molecule has 1 aromatic carbocycles. The second-order valence-electron chi connectivity index (χ2n) is 5.83. The second-order valence-corrected chi connectivity index (χ2v) is 5.83. The predicted octanol–water partition coefficient (Wildman–Crippen LogP) is 1.41. The minimum Gasteiger partial charge on any atom is -0.492 e. The number of morpholine rings is 1. The van der Waals surface area contributed by atoms with E-state index in [1.165, 1.54) is 6.54 Å². The van der Waals surface area contributed by atoms with E-state index in [9.17, 15) is 0 Å². The molecule has 114 valence electrons. The maximum Gasteiger partial charge on any atom is 0.137 e. The average molecular weight is 289 g/mol. The molecule has 21 heavy (non-hydrogen) atoms. The smallest absolute Gasteiger partial charge is 0.137 e. The Morgan fingerprint density at radius 2 is 1.95 bits per heavy atom. The van der Waals surface area contributed by atoms with Gasteiger partial charge in [0.05, 0.1) is 18.7 Å². The highest BCUT2D eigenvalue weighted by atomic mass is 16.5. The molecule has 0 bridgehead atoms. The summed E-state index contributed by atoms with van der Waals surface area (Å²) in [5.74, 6) is 0.695. The summed E-state index contributed by atoms with van der Waals surface area (Å²) in [6, 6.07) is 9.56. The van der Waals surface area contributed by atoms with Crippen LogP contribution in [0.4, 0.5) is 0 Å². The molecule has 0 radical (unpaired) electrons. The Kier molecular flexibility index (Phi) is 6.04. The maximum atomic E-state index is 9.00. The topological polar surface area (TPSA) is 46.7 Å². The summed E-state index contributed by atoms with van der Waals surface area (Å²) < 4.78 is 11.5. The number of hydrogen-bond acceptors (Lipinski definition) is 3. The molecule has 0 saturated carbocycles. The number of quaternary nitrogens is 1. The van der Waals surface area contributed by atoms with Crippen molar-refractivity contribution >= 4 is 0 Å². The molecule has 0 aliphatic carbocycles. The van der Waals surface area contributed by atoms with E-state index in [1.807, 2.05) is 18.2 Å². The van der Waals surface area contributed by atoms with Gasteiger partial charge in [-0.1, -0.05) is 12.1 Å². The molecule has 0 amide bonds. The van der Waals surface area contributed by atoms with Gasteiger partial charge in [-0.3, -0.25) is 0 Å². The molecule has 1 saturated heterocycles. The number of benzene rings is 1. The highest BCUT2D eigenvalue weighted by Gasteiger charge is 2.24. The summed E-state index contributed by atoms with van der Waals surface area (Å²) in [7, 11) is 0. The molecule has 1 heterocycles. The van der Waals surface area contributed by atoms with Gasteiger partial charge in [-0.15, -0.1) is 0 Å². The third-order valence-electron chi connectivity index (χ3n) is 3.81. The lowest BCUT2D eigenvalue weighted by molar-refractivity contribution is -0.915. The van der Waals surface area contributed by atoms with Crippen LogP contribution in [0.2, 0.25) is 0 Å². The van der Waals surface area contributed by atoms with Crippen molar-refractivity contribution in [2.24, 2.45) is 0 Å². The lowest BCUT2D eigenvalue weighted by Gasteiger charge is -2.32. The molecular formula is C17H25N2O2+. The zero-order chi connectivity index (χ0) is 15.1. The Balaban J connectivity index is 1.65. The quantitative estimate of drug-likeness (QED) is 0.806. The van der Waals surface area contributed by atoms with Crippen molar-refractivity contribution < 1.29 is 14.4 Å². The van der Waals surface area contributed by atoms with Crippen LogP contribution in [0.1, 0.15) is 32.3 Å². The molecule has 0 aromatic heterocycles. The summed E-state index contributed by atoms with van der Waals surface area (Å²) in [6.45, 7) is 8.34. The first-order chi connectivity index (χ1) is 10.2. The average Bonchev–Trinajstić information content (AvgIpc) is 2.46. The van der Waals surface area contributed by atoms with E-state index in [4.69, 9.17) is 14.7 Å². The molecular weight excluding hydrogens is 264 g/mol. The Bertz CT molecular complexity index is 474. The van der Waals surface area contributed by atoms with Gasteiger partial charge >= 0.3 is 0 Å². The first-order valence-corrected chi connectivity index (χ1v) is 7.80. The van der Waals surface area contributed by atoms with E-state index in [0.29, 0.717) is 30.1 Å². The van der Waals surface area contributed by atoms with Crippen LogP contribution in [0.15, 0.2) is 24.3 Å². The van der Waals surface area contributed by atoms with Crippen LogP contribution < -0.4 is 9.64 Å². The number of para-hydroxylation sites is 1. The SMILES string of the molecule is C[C@H]1C[NH+](CCCCOc2ccccc2C#N)C[C@H](C)O1. The van der Waals surface area contributed by atoms with Gasteiger partial charge in [-0.2, -0.15) is 5.26 Å². The summed E-state index contributed by atoms with van der Waals surface area (Å²) in [4.78, 5) is 1.62. The van der Waals surface area contributed by atoms with E-state index >= 15 is 0 Å². The van der Waals surface area contributed by atoms with Crippen LogP contribution in [0.25, 0.3) is 0 Å². The first-order valence-electron chi connectivity index (χ1n) is 7.80. The number of nitriles is 1. The number of rotatable bonds is 6. The van der Waals surface area contributed by atoms with Gasteiger partial charge in [-0.05, 0) is 38.8 Å². The second kappa shape index (κ2) is 8.02. The normalized spacial score (nSPS) is 25.3. The van der Waals surface area contributed by atoms with Crippen LogP contribution >= 0.6 is 0 Å². The van der Waals surface area contributed by atoms with E-state index in [1.54, 1.807) is 11.0 Å². The van der Waals surface area contributed by atoms with Crippen LogP contribution in [0.3, 0.4) is 0 Å². The van der Waals surface area contributed by atoms with Crippen molar-refractivity contribution in [3.8, 4) is 11.8 Å². The maximum absolute atomic E-state index is 9.00. The van der Waals surface area contributed by atoms with Crippen molar-refractivity contribution in [3.63, 3.8) is 0 Å². The molecule has 1 aromatic rings. The van der Waals surface area contributed by atoms with Crippen molar-refractivity contribution in [2.75, 3.05) is 26.2 Å². The Morgan fingerprint density at radius 3 is 2.67 bits per heavy atom. The van der Waals surface area contributed by atoms with Crippen molar-refractivity contribution in [1.29, 1.82) is 5.26 Å².